The van der Waals surface area contributed by atoms with Crippen LogP contribution in [0.3, 0.4) is 0 Å². The molecule has 1 aliphatic rings. The summed E-state index contributed by atoms with van der Waals surface area (Å²) < 4.78 is 0. The van der Waals surface area contributed by atoms with Crippen LogP contribution in [0.25, 0.3) is 0 Å². The van der Waals surface area contributed by atoms with Crippen LogP contribution in [0.4, 0.5) is 0 Å². The number of rotatable bonds is 5. The average molecular weight is 337 g/mol. The van der Waals surface area contributed by atoms with Crippen molar-refractivity contribution in [3.05, 3.63) is 65.0 Å². The minimum absolute atomic E-state index is 0.0475. The summed E-state index contributed by atoms with van der Waals surface area (Å²) in [6.45, 7) is 4.87. The molecular formula is C20H23N3O2. The number of hydrogen-bond acceptors (Lipinski definition) is 3. The molecule has 0 N–H and O–H groups in total. The van der Waals surface area contributed by atoms with Crippen molar-refractivity contribution in [2.45, 2.75) is 39.4 Å². The first-order chi connectivity index (χ1) is 12.0. The van der Waals surface area contributed by atoms with Gasteiger partial charge in [0.25, 0.3) is 5.91 Å². The first kappa shape index (κ1) is 17.1. The van der Waals surface area contributed by atoms with E-state index in [1.54, 1.807) is 23.0 Å². The van der Waals surface area contributed by atoms with Crippen LogP contribution in [0.15, 0.2) is 42.6 Å². The molecule has 1 aromatic carbocycles. The molecule has 2 aromatic rings. The Labute approximate surface area is 148 Å². The van der Waals surface area contributed by atoms with Crippen LogP contribution in [0.5, 0.6) is 0 Å². The van der Waals surface area contributed by atoms with Crippen LogP contribution < -0.4 is 0 Å². The molecule has 1 unspecified atom stereocenters. The lowest BCUT2D eigenvalue weighted by Crippen LogP contribution is -2.47. The lowest BCUT2D eigenvalue weighted by Gasteiger charge is -2.30. The predicted octanol–water partition coefficient (Wildman–Crippen LogP) is 2.78. The van der Waals surface area contributed by atoms with Crippen LogP contribution >= 0.6 is 0 Å². The van der Waals surface area contributed by atoms with Crippen molar-refractivity contribution in [2.24, 2.45) is 0 Å². The average Bonchev–Trinajstić information content (AvgIpc) is 2.94. The van der Waals surface area contributed by atoms with Crippen molar-refractivity contribution in [3.63, 3.8) is 0 Å². The van der Waals surface area contributed by atoms with E-state index in [0.29, 0.717) is 25.1 Å². The number of pyridine rings is 1. The van der Waals surface area contributed by atoms with E-state index >= 15 is 0 Å². The maximum absolute atomic E-state index is 13.0. The summed E-state index contributed by atoms with van der Waals surface area (Å²) in [7, 11) is 1.77. The van der Waals surface area contributed by atoms with Crippen molar-refractivity contribution in [2.75, 3.05) is 7.05 Å². The lowest BCUT2D eigenvalue weighted by atomic mass is 10.1. The van der Waals surface area contributed by atoms with Crippen LogP contribution in [0, 0.1) is 6.92 Å². The summed E-state index contributed by atoms with van der Waals surface area (Å²) in [6.07, 6.45) is 2.32. The number of nitrogens with zero attached hydrogens (tertiary/aromatic N) is 3. The van der Waals surface area contributed by atoms with Crippen molar-refractivity contribution >= 4 is 11.8 Å². The molecule has 5 nitrogen and oxygen atoms in total. The number of aromatic nitrogens is 1. The Morgan fingerprint density at radius 2 is 2.04 bits per heavy atom. The maximum atomic E-state index is 13.0. The molecule has 2 amide bonds. The van der Waals surface area contributed by atoms with Gasteiger partial charge in [-0.3, -0.25) is 14.6 Å². The van der Waals surface area contributed by atoms with E-state index in [9.17, 15) is 9.59 Å². The van der Waals surface area contributed by atoms with Gasteiger partial charge in [-0.1, -0.05) is 31.2 Å². The van der Waals surface area contributed by atoms with Gasteiger partial charge in [0.1, 0.15) is 6.04 Å². The van der Waals surface area contributed by atoms with Gasteiger partial charge in [0, 0.05) is 25.4 Å². The van der Waals surface area contributed by atoms with Crippen LogP contribution in [0.2, 0.25) is 0 Å². The van der Waals surface area contributed by atoms with Gasteiger partial charge in [0.05, 0.1) is 12.2 Å². The third-order valence-corrected chi connectivity index (χ3v) is 4.78. The third kappa shape index (κ3) is 3.27. The first-order valence-electron chi connectivity index (χ1n) is 8.57. The summed E-state index contributed by atoms with van der Waals surface area (Å²) in [5.74, 6) is -0.105. The van der Waals surface area contributed by atoms with E-state index in [1.807, 2.05) is 50.2 Å². The first-order valence-corrected chi connectivity index (χ1v) is 8.57. The Bertz CT molecular complexity index is 803. The normalized spacial score (nSPS) is 14.4. The fourth-order valence-corrected chi connectivity index (χ4v) is 3.30. The number of benzene rings is 1. The van der Waals surface area contributed by atoms with Gasteiger partial charge in [-0.05, 0) is 36.6 Å². The number of carbonyl (C=O) groups excluding carboxylic acids is 2. The van der Waals surface area contributed by atoms with E-state index in [2.05, 4.69) is 4.98 Å². The number of hydrogen-bond donors (Lipinski definition) is 0. The Morgan fingerprint density at radius 3 is 2.72 bits per heavy atom. The van der Waals surface area contributed by atoms with Crippen LogP contribution in [-0.4, -0.2) is 39.7 Å². The Balaban J connectivity index is 1.76. The molecule has 0 fully saturated rings. The minimum atomic E-state index is -0.450. The summed E-state index contributed by atoms with van der Waals surface area (Å²) in [5.41, 5.74) is 3.63. The van der Waals surface area contributed by atoms with E-state index in [4.69, 9.17) is 0 Å². The molecule has 0 spiro atoms. The Kier molecular flexibility index (Phi) is 4.83. The van der Waals surface area contributed by atoms with E-state index < -0.39 is 6.04 Å². The summed E-state index contributed by atoms with van der Waals surface area (Å²) in [6, 6.07) is 11.0. The number of carbonyl (C=O) groups is 2. The molecule has 1 atom stereocenters. The lowest BCUT2D eigenvalue weighted by molar-refractivity contribution is -0.135. The molecule has 0 saturated carbocycles. The summed E-state index contributed by atoms with van der Waals surface area (Å²) >= 11 is 0. The number of aryl methyl sites for hydroxylation is 1. The molecule has 0 aliphatic carbocycles. The van der Waals surface area contributed by atoms with Gasteiger partial charge in [0.15, 0.2) is 0 Å². The molecular weight excluding hydrogens is 314 g/mol. The van der Waals surface area contributed by atoms with Crippen molar-refractivity contribution in [1.82, 2.24) is 14.8 Å². The van der Waals surface area contributed by atoms with Gasteiger partial charge < -0.3 is 9.80 Å². The number of fused-ring (bicyclic) bond motifs is 1. The Morgan fingerprint density at radius 1 is 1.28 bits per heavy atom. The molecule has 0 radical (unpaired) electrons. The molecule has 130 valence electrons. The van der Waals surface area contributed by atoms with Gasteiger partial charge in [-0.15, -0.1) is 0 Å². The second-order valence-corrected chi connectivity index (χ2v) is 6.48. The number of likely N-dealkylation sites (N-methyl/N-ethyl adjacent to an activating group) is 1. The second-order valence-electron chi connectivity index (χ2n) is 6.48. The van der Waals surface area contributed by atoms with Crippen molar-refractivity contribution in [3.8, 4) is 0 Å². The highest BCUT2D eigenvalue weighted by atomic mass is 16.2. The minimum Gasteiger partial charge on any atom is -0.338 e. The molecule has 0 saturated heterocycles. The van der Waals surface area contributed by atoms with Gasteiger partial charge >= 0.3 is 0 Å². The van der Waals surface area contributed by atoms with Crippen LogP contribution in [0.1, 0.15) is 40.5 Å². The highest BCUT2D eigenvalue weighted by Crippen LogP contribution is 2.26. The predicted molar refractivity (Wildman–Crippen MR) is 95.8 cm³/mol. The van der Waals surface area contributed by atoms with Crippen molar-refractivity contribution < 1.29 is 9.59 Å². The third-order valence-electron chi connectivity index (χ3n) is 4.78. The molecule has 2 heterocycles. The molecule has 3 rings (SSSR count). The van der Waals surface area contributed by atoms with E-state index in [-0.39, 0.29) is 11.8 Å². The zero-order valence-corrected chi connectivity index (χ0v) is 14.9. The van der Waals surface area contributed by atoms with Gasteiger partial charge in [-0.25, -0.2) is 0 Å². The molecule has 25 heavy (non-hydrogen) atoms. The molecule has 1 aliphatic heterocycles. The highest BCUT2D eigenvalue weighted by molar-refractivity contribution is 6.01. The molecule has 0 bridgehead atoms. The SMILES string of the molecule is CCC(C(=O)N(C)Cc1ncccc1C)N1Cc2ccccc2C1=O. The van der Waals surface area contributed by atoms with E-state index in [0.717, 1.165) is 16.8 Å². The fraction of sp³-hybridized carbons (Fsp3) is 0.350. The zero-order valence-electron chi connectivity index (χ0n) is 14.9. The van der Waals surface area contributed by atoms with Crippen LogP contribution in [-0.2, 0) is 17.9 Å². The summed E-state index contributed by atoms with van der Waals surface area (Å²) in [4.78, 5) is 33.4. The Hall–Kier alpha value is -2.69. The quantitative estimate of drug-likeness (QED) is 0.843. The van der Waals surface area contributed by atoms with Crippen molar-refractivity contribution in [1.29, 1.82) is 0 Å². The molecule has 5 heteroatoms. The second kappa shape index (κ2) is 7.05. The molecule has 1 aromatic heterocycles. The largest absolute Gasteiger partial charge is 0.338 e. The number of amides is 2. The fourth-order valence-electron chi connectivity index (χ4n) is 3.30. The monoisotopic (exact) mass is 337 g/mol. The van der Waals surface area contributed by atoms with E-state index in [1.165, 1.54) is 0 Å². The summed E-state index contributed by atoms with van der Waals surface area (Å²) in [5, 5.41) is 0. The topological polar surface area (TPSA) is 53.5 Å². The maximum Gasteiger partial charge on any atom is 0.255 e. The van der Waals surface area contributed by atoms with Gasteiger partial charge in [0.2, 0.25) is 5.91 Å². The smallest absolute Gasteiger partial charge is 0.255 e. The standard InChI is InChI=1S/C20H23N3O2/c1-4-18(23-12-15-9-5-6-10-16(15)19(23)24)20(25)22(3)13-17-14(2)8-7-11-21-17/h5-11,18H,4,12-13H2,1-3H3. The zero-order chi connectivity index (χ0) is 18.0. The highest BCUT2D eigenvalue weighted by Gasteiger charge is 2.36. The van der Waals surface area contributed by atoms with Gasteiger partial charge in [-0.2, -0.15) is 0 Å².